The number of rotatable bonds is 5. The Balaban J connectivity index is 1.21. The highest BCUT2D eigenvalue weighted by atomic mass is 32.1. The number of carbonyl (C=O) groups is 2. The van der Waals surface area contributed by atoms with Crippen LogP contribution in [0.25, 0.3) is 10.5 Å². The van der Waals surface area contributed by atoms with Gasteiger partial charge in [0.25, 0.3) is 11.8 Å². The van der Waals surface area contributed by atoms with Gasteiger partial charge in [-0.25, -0.2) is 9.50 Å². The number of fused-ring (bicyclic) bond motifs is 2. The number of nitrogens with one attached hydrogen (secondary N) is 2. The van der Waals surface area contributed by atoms with Crippen molar-refractivity contribution in [1.82, 2.24) is 29.6 Å². The second kappa shape index (κ2) is 6.94. The molecular formula is C21H22N6O2S. The van der Waals surface area contributed by atoms with E-state index in [1.807, 2.05) is 29.8 Å². The minimum absolute atomic E-state index is 0.0524. The number of amides is 2. The zero-order valence-corrected chi connectivity index (χ0v) is 17.5. The van der Waals surface area contributed by atoms with Crippen molar-refractivity contribution in [3.63, 3.8) is 0 Å². The number of nitrogens with zero attached hydrogens (tertiary/aromatic N) is 4. The Morgan fingerprint density at radius 1 is 1.23 bits per heavy atom. The Labute approximate surface area is 176 Å². The summed E-state index contributed by atoms with van der Waals surface area (Å²) in [5, 5.41) is 12.2. The minimum atomic E-state index is -0.118. The van der Waals surface area contributed by atoms with Gasteiger partial charge >= 0.3 is 0 Å². The van der Waals surface area contributed by atoms with Gasteiger partial charge in [-0.2, -0.15) is 5.10 Å². The lowest BCUT2D eigenvalue weighted by Gasteiger charge is -2.52. The third-order valence-electron chi connectivity index (χ3n) is 6.34. The molecule has 1 saturated carbocycles. The van der Waals surface area contributed by atoms with E-state index in [-0.39, 0.29) is 29.2 Å². The molecule has 2 amide bonds. The fourth-order valence-corrected chi connectivity index (χ4v) is 5.01. The molecule has 5 rings (SSSR count). The van der Waals surface area contributed by atoms with Crippen LogP contribution in [-0.2, 0) is 0 Å². The Morgan fingerprint density at radius 2 is 2.10 bits per heavy atom. The van der Waals surface area contributed by atoms with Gasteiger partial charge in [-0.1, -0.05) is 13.8 Å². The van der Waals surface area contributed by atoms with Crippen molar-refractivity contribution < 1.29 is 9.59 Å². The Kier molecular flexibility index (Phi) is 4.35. The lowest BCUT2D eigenvalue weighted by molar-refractivity contribution is 0.0150. The van der Waals surface area contributed by atoms with Gasteiger partial charge in [-0.15, -0.1) is 11.3 Å². The lowest BCUT2D eigenvalue weighted by Crippen LogP contribution is -2.60. The molecule has 4 aromatic rings. The molecule has 9 heteroatoms. The fourth-order valence-electron chi connectivity index (χ4n) is 4.18. The quantitative estimate of drug-likeness (QED) is 0.517. The third kappa shape index (κ3) is 2.97. The summed E-state index contributed by atoms with van der Waals surface area (Å²) in [4.78, 5) is 30.4. The second-order valence-corrected chi connectivity index (χ2v) is 9.11. The summed E-state index contributed by atoms with van der Waals surface area (Å²) in [5.41, 5.74) is 1.89. The monoisotopic (exact) mass is 422 g/mol. The van der Waals surface area contributed by atoms with Crippen LogP contribution in [0.4, 0.5) is 0 Å². The number of aromatic nitrogens is 4. The summed E-state index contributed by atoms with van der Waals surface area (Å²) in [6.45, 7) is 4.84. The number of carbonyl (C=O) groups excluding carboxylic acids is 2. The maximum Gasteiger partial charge on any atom is 0.269 e. The summed E-state index contributed by atoms with van der Waals surface area (Å²) in [6.07, 6.45) is 7.81. The van der Waals surface area contributed by atoms with Crippen molar-refractivity contribution in [2.24, 2.45) is 11.3 Å². The van der Waals surface area contributed by atoms with Crippen LogP contribution in [0.5, 0.6) is 0 Å². The topological polar surface area (TPSA) is 92.8 Å². The number of hydrogen-bond acceptors (Lipinski definition) is 5. The second-order valence-electron chi connectivity index (χ2n) is 8.27. The molecule has 0 bridgehead atoms. The van der Waals surface area contributed by atoms with Crippen LogP contribution in [0.2, 0.25) is 0 Å². The molecule has 1 aliphatic carbocycles. The van der Waals surface area contributed by atoms with Gasteiger partial charge in [-0.05, 0) is 36.0 Å². The molecule has 30 heavy (non-hydrogen) atoms. The third-order valence-corrected chi connectivity index (χ3v) is 7.19. The smallest absolute Gasteiger partial charge is 0.269 e. The van der Waals surface area contributed by atoms with Crippen LogP contribution < -0.4 is 10.6 Å². The highest BCUT2D eigenvalue weighted by molar-refractivity contribution is 7.15. The predicted octanol–water partition coefficient (Wildman–Crippen LogP) is 2.62. The molecule has 154 valence electrons. The van der Waals surface area contributed by atoms with E-state index in [0.717, 1.165) is 16.9 Å². The van der Waals surface area contributed by atoms with E-state index < -0.39 is 0 Å². The van der Waals surface area contributed by atoms with Crippen molar-refractivity contribution in [2.45, 2.75) is 26.3 Å². The van der Waals surface area contributed by atoms with E-state index in [1.165, 1.54) is 11.3 Å². The average Bonchev–Trinajstić information content (AvgIpc) is 3.45. The number of imidazole rings is 1. The van der Waals surface area contributed by atoms with Gasteiger partial charge < -0.3 is 10.6 Å². The van der Waals surface area contributed by atoms with Crippen molar-refractivity contribution in [1.29, 1.82) is 0 Å². The average molecular weight is 423 g/mol. The molecule has 4 aromatic heterocycles. The zero-order chi connectivity index (χ0) is 20.9. The summed E-state index contributed by atoms with van der Waals surface area (Å²) in [5.74, 6) is 0.0896. The van der Waals surface area contributed by atoms with Crippen molar-refractivity contribution >= 4 is 33.6 Å². The largest absolute Gasteiger partial charge is 0.350 e. The standard InChI is InChI=1S/C21H22N6O2S/c1-21(2)13(11-23-19(29)16-12-30-20-22-7-9-26(16)20)10-17(21)25-18(28)14-4-3-8-27-15(14)5-6-24-27/h3-9,12-13,17H,10-11H2,1-2H3,(H,23,29)(H,25,28). The lowest BCUT2D eigenvalue weighted by atomic mass is 9.58. The Morgan fingerprint density at radius 3 is 2.93 bits per heavy atom. The van der Waals surface area contributed by atoms with Gasteiger partial charge in [0.15, 0.2) is 4.96 Å². The van der Waals surface area contributed by atoms with E-state index in [2.05, 4.69) is 34.6 Å². The first-order valence-electron chi connectivity index (χ1n) is 9.87. The highest BCUT2D eigenvalue weighted by Crippen LogP contribution is 2.46. The van der Waals surface area contributed by atoms with E-state index in [9.17, 15) is 9.59 Å². The molecular weight excluding hydrogens is 400 g/mol. The molecule has 4 heterocycles. The first kappa shape index (κ1) is 18.8. The first-order chi connectivity index (χ1) is 14.4. The maximum absolute atomic E-state index is 12.8. The van der Waals surface area contributed by atoms with Gasteiger partial charge in [-0.3, -0.25) is 14.0 Å². The van der Waals surface area contributed by atoms with E-state index >= 15 is 0 Å². The highest BCUT2D eigenvalue weighted by Gasteiger charge is 2.48. The Bertz CT molecular complexity index is 1250. The van der Waals surface area contributed by atoms with Crippen LogP contribution >= 0.6 is 11.3 Å². The number of pyridine rings is 1. The van der Waals surface area contributed by atoms with Gasteiger partial charge in [0.05, 0.1) is 17.3 Å². The van der Waals surface area contributed by atoms with Crippen LogP contribution in [-0.4, -0.2) is 43.4 Å². The van der Waals surface area contributed by atoms with E-state index in [4.69, 9.17) is 0 Å². The number of thiazole rings is 1. The van der Waals surface area contributed by atoms with Gasteiger partial charge in [0, 0.05) is 36.6 Å². The van der Waals surface area contributed by atoms with Crippen LogP contribution in [0.15, 0.2) is 48.4 Å². The molecule has 2 N–H and O–H groups in total. The van der Waals surface area contributed by atoms with Crippen molar-refractivity contribution in [3.8, 4) is 0 Å². The van der Waals surface area contributed by atoms with E-state index in [1.54, 1.807) is 27.5 Å². The molecule has 1 fully saturated rings. The molecule has 1 aliphatic rings. The van der Waals surface area contributed by atoms with Crippen LogP contribution in [0, 0.1) is 11.3 Å². The molecule has 2 unspecified atom stereocenters. The molecule has 0 aromatic carbocycles. The summed E-state index contributed by atoms with van der Waals surface area (Å²) < 4.78 is 3.49. The zero-order valence-electron chi connectivity index (χ0n) is 16.7. The molecule has 0 saturated heterocycles. The van der Waals surface area contributed by atoms with Crippen LogP contribution in [0.1, 0.15) is 41.1 Å². The van der Waals surface area contributed by atoms with Crippen molar-refractivity contribution in [3.05, 3.63) is 59.6 Å². The molecule has 0 radical (unpaired) electrons. The summed E-state index contributed by atoms with van der Waals surface area (Å²) in [6, 6.07) is 5.52. The number of hydrogen-bond donors (Lipinski definition) is 2. The normalized spacial score (nSPS) is 20.2. The molecule has 2 atom stereocenters. The summed E-state index contributed by atoms with van der Waals surface area (Å²) in [7, 11) is 0. The molecule has 0 aliphatic heterocycles. The maximum atomic E-state index is 12.8. The summed E-state index contributed by atoms with van der Waals surface area (Å²) >= 11 is 1.45. The van der Waals surface area contributed by atoms with Gasteiger partial charge in [0.2, 0.25) is 0 Å². The van der Waals surface area contributed by atoms with Crippen LogP contribution in [0.3, 0.4) is 0 Å². The van der Waals surface area contributed by atoms with Crippen molar-refractivity contribution in [2.75, 3.05) is 6.54 Å². The van der Waals surface area contributed by atoms with E-state index in [0.29, 0.717) is 17.8 Å². The molecule has 8 nitrogen and oxygen atoms in total. The Hall–Kier alpha value is -3.20. The predicted molar refractivity (Wildman–Crippen MR) is 114 cm³/mol. The fraction of sp³-hybridized carbons (Fsp3) is 0.333. The van der Waals surface area contributed by atoms with Gasteiger partial charge in [0.1, 0.15) is 5.69 Å². The first-order valence-corrected chi connectivity index (χ1v) is 10.7. The SMILES string of the molecule is CC1(C)C(CNC(=O)c2csc3nccn23)CC1NC(=O)c1cccn2nccc12. The minimum Gasteiger partial charge on any atom is -0.350 e. The molecule has 0 spiro atoms.